The zero-order valence-electron chi connectivity index (χ0n) is 25.9. The third kappa shape index (κ3) is 7.13. The van der Waals surface area contributed by atoms with E-state index in [1.54, 1.807) is 60.7 Å². The highest BCUT2D eigenvalue weighted by molar-refractivity contribution is 8.00. The molecular weight excluding hydrogens is 609 g/mol. The summed E-state index contributed by atoms with van der Waals surface area (Å²) in [6, 6.07) is 35.5. The summed E-state index contributed by atoms with van der Waals surface area (Å²) in [6.45, 7) is 0. The number of anilines is 1. The Hall–Kier alpha value is -5.60. The Morgan fingerprint density at radius 2 is 1.51 bits per heavy atom. The maximum Gasteiger partial charge on any atom is 0.272 e. The molecule has 0 bridgehead atoms. The number of Topliss-reactive ketones (excluding diaryl/α,β-unsaturated/α-hetero) is 1. The average molecular weight is 641 g/mol. The highest BCUT2D eigenvalue weighted by Crippen LogP contribution is 2.37. The third-order valence-electron chi connectivity index (χ3n) is 7.84. The van der Waals surface area contributed by atoms with E-state index in [1.807, 2.05) is 48.5 Å². The first-order valence-corrected chi connectivity index (χ1v) is 16.0. The first-order valence-electron chi connectivity index (χ1n) is 15.0. The van der Waals surface area contributed by atoms with Crippen molar-refractivity contribution in [2.45, 2.75) is 11.3 Å². The second kappa shape index (κ2) is 14.2. The predicted molar refractivity (Wildman–Crippen MR) is 186 cm³/mol. The number of para-hydroxylation sites is 1. The summed E-state index contributed by atoms with van der Waals surface area (Å²) in [5, 5.41) is 5.64. The van der Waals surface area contributed by atoms with E-state index in [2.05, 4.69) is 22.8 Å². The Morgan fingerprint density at radius 3 is 2.32 bits per heavy atom. The van der Waals surface area contributed by atoms with Gasteiger partial charge < -0.3 is 20.1 Å². The van der Waals surface area contributed by atoms with E-state index >= 15 is 0 Å². The van der Waals surface area contributed by atoms with Crippen molar-refractivity contribution in [3.63, 3.8) is 0 Å². The number of rotatable bonds is 11. The van der Waals surface area contributed by atoms with Crippen molar-refractivity contribution in [2.75, 3.05) is 25.3 Å². The molecule has 0 aromatic heterocycles. The van der Waals surface area contributed by atoms with E-state index in [-0.39, 0.29) is 17.2 Å². The number of carbonyl (C=O) groups is 3. The second-order valence-electron chi connectivity index (χ2n) is 10.9. The molecule has 0 saturated carbocycles. The Labute approximate surface area is 277 Å². The van der Waals surface area contributed by atoms with Gasteiger partial charge in [-0.15, -0.1) is 11.8 Å². The lowest BCUT2D eigenvalue weighted by atomic mass is 10.0. The Balaban J connectivity index is 1.17. The number of ether oxygens (including phenoxy) is 2. The Bertz CT molecular complexity index is 2000. The number of carbonyl (C=O) groups excluding carboxylic acids is 3. The number of hydrogen-bond acceptors (Lipinski definition) is 6. The minimum absolute atomic E-state index is 0.0115. The molecule has 0 radical (unpaired) electrons. The Kier molecular flexibility index (Phi) is 9.50. The molecule has 6 rings (SSSR count). The van der Waals surface area contributed by atoms with Crippen LogP contribution in [0.5, 0.6) is 11.5 Å². The van der Waals surface area contributed by atoms with Gasteiger partial charge in [0.1, 0.15) is 5.70 Å². The highest BCUT2D eigenvalue weighted by Gasteiger charge is 2.20. The molecule has 1 aliphatic carbocycles. The molecule has 0 heterocycles. The van der Waals surface area contributed by atoms with Gasteiger partial charge in [-0.1, -0.05) is 72.8 Å². The molecule has 0 fully saturated rings. The number of methoxy groups -OCH3 is 2. The van der Waals surface area contributed by atoms with Crippen LogP contribution in [-0.4, -0.2) is 37.6 Å². The van der Waals surface area contributed by atoms with Gasteiger partial charge in [-0.25, -0.2) is 0 Å². The molecule has 8 heteroatoms. The molecule has 2 N–H and O–H groups in total. The lowest BCUT2D eigenvalue weighted by molar-refractivity contribution is -0.113. The number of hydrogen-bond donors (Lipinski definition) is 2. The van der Waals surface area contributed by atoms with Crippen LogP contribution in [0.1, 0.15) is 37.4 Å². The molecule has 5 aromatic carbocycles. The summed E-state index contributed by atoms with van der Waals surface area (Å²) >= 11 is 1.40. The van der Waals surface area contributed by atoms with E-state index < -0.39 is 11.8 Å². The van der Waals surface area contributed by atoms with Gasteiger partial charge >= 0.3 is 0 Å². The number of amides is 2. The van der Waals surface area contributed by atoms with Crippen LogP contribution in [-0.2, 0) is 11.2 Å². The smallest absolute Gasteiger partial charge is 0.272 e. The molecule has 0 unspecified atom stereocenters. The van der Waals surface area contributed by atoms with Crippen molar-refractivity contribution >= 4 is 41.1 Å². The van der Waals surface area contributed by atoms with E-state index in [0.717, 1.165) is 11.3 Å². The van der Waals surface area contributed by atoms with E-state index in [4.69, 9.17) is 9.47 Å². The Morgan fingerprint density at radius 1 is 0.745 bits per heavy atom. The van der Waals surface area contributed by atoms with Crippen LogP contribution in [0.15, 0.2) is 126 Å². The molecule has 47 heavy (non-hydrogen) atoms. The molecule has 234 valence electrons. The summed E-state index contributed by atoms with van der Waals surface area (Å²) in [6.07, 6.45) is 2.37. The number of fused-ring (bicyclic) bond motifs is 3. The van der Waals surface area contributed by atoms with E-state index in [1.165, 1.54) is 48.2 Å². The van der Waals surface area contributed by atoms with Crippen LogP contribution in [0.25, 0.3) is 17.2 Å². The maximum atomic E-state index is 13.6. The lowest BCUT2D eigenvalue weighted by Crippen LogP contribution is -2.30. The standard InChI is InChI=1S/C39H32N2O5S/c1-45-36-17-8-13-28(37(36)46-2)22-34(41-38(43)25-10-4-3-5-11-25)39(44)40-30-14-9-15-31(23-30)47-24-35(42)27-18-19-33-29(21-27)20-26-12-6-7-16-32(26)33/h3-19,21-23H,20,24H2,1-2H3,(H,40,44)(H,41,43)/b34-22-. The lowest BCUT2D eigenvalue weighted by Gasteiger charge is -2.14. The number of benzene rings is 5. The van der Waals surface area contributed by atoms with Crippen molar-refractivity contribution < 1.29 is 23.9 Å². The second-order valence-corrected chi connectivity index (χ2v) is 11.9. The van der Waals surface area contributed by atoms with Gasteiger partial charge in [-0.3, -0.25) is 14.4 Å². The fourth-order valence-electron chi connectivity index (χ4n) is 5.54. The van der Waals surface area contributed by atoms with Gasteiger partial charge in [-0.2, -0.15) is 0 Å². The monoisotopic (exact) mass is 640 g/mol. The highest BCUT2D eigenvalue weighted by atomic mass is 32.2. The summed E-state index contributed by atoms with van der Waals surface area (Å²) < 4.78 is 11.0. The zero-order chi connectivity index (χ0) is 32.8. The fraction of sp³-hybridized carbons (Fsp3) is 0.103. The van der Waals surface area contributed by atoms with Crippen LogP contribution < -0.4 is 20.1 Å². The molecular formula is C39H32N2O5S. The molecule has 2 amide bonds. The van der Waals surface area contributed by atoms with E-state index in [0.29, 0.717) is 33.9 Å². The van der Waals surface area contributed by atoms with Crippen molar-refractivity contribution in [1.82, 2.24) is 5.32 Å². The summed E-state index contributed by atoms with van der Waals surface area (Å²) in [5.74, 6) is 0.217. The average Bonchev–Trinajstić information content (AvgIpc) is 3.48. The normalized spacial score (nSPS) is 11.7. The van der Waals surface area contributed by atoms with Crippen LogP contribution in [0.2, 0.25) is 0 Å². The third-order valence-corrected chi connectivity index (χ3v) is 8.83. The van der Waals surface area contributed by atoms with Crippen LogP contribution in [0.4, 0.5) is 5.69 Å². The van der Waals surface area contributed by atoms with Crippen molar-refractivity contribution in [1.29, 1.82) is 0 Å². The summed E-state index contributed by atoms with van der Waals surface area (Å²) in [5.41, 5.74) is 7.02. The fourth-order valence-corrected chi connectivity index (χ4v) is 6.39. The summed E-state index contributed by atoms with van der Waals surface area (Å²) in [4.78, 5) is 40.7. The molecule has 0 spiro atoms. The van der Waals surface area contributed by atoms with E-state index in [9.17, 15) is 14.4 Å². The molecule has 0 aliphatic heterocycles. The number of thioether (sulfide) groups is 1. The SMILES string of the molecule is COc1cccc(/C=C(\NC(=O)c2ccccc2)C(=O)Nc2cccc(SCC(=O)c3ccc4c(c3)Cc3ccccc3-4)c2)c1OC. The van der Waals surface area contributed by atoms with Crippen LogP contribution >= 0.6 is 11.8 Å². The van der Waals surface area contributed by atoms with Gasteiger partial charge in [0.15, 0.2) is 17.3 Å². The quantitative estimate of drug-likeness (QED) is 0.0858. The van der Waals surface area contributed by atoms with Gasteiger partial charge in [0.05, 0.1) is 20.0 Å². The van der Waals surface area contributed by atoms with Crippen molar-refractivity contribution in [3.05, 3.63) is 149 Å². The maximum absolute atomic E-state index is 13.6. The minimum atomic E-state index is -0.531. The first kappa shape index (κ1) is 31.4. The van der Waals surface area contributed by atoms with Crippen molar-refractivity contribution in [2.24, 2.45) is 0 Å². The molecule has 7 nitrogen and oxygen atoms in total. The van der Waals surface area contributed by atoms with Gasteiger partial charge in [0.2, 0.25) is 0 Å². The van der Waals surface area contributed by atoms with Crippen LogP contribution in [0, 0.1) is 0 Å². The molecule has 0 atom stereocenters. The van der Waals surface area contributed by atoms with Crippen LogP contribution in [0.3, 0.4) is 0 Å². The first-order chi connectivity index (χ1) is 22.9. The van der Waals surface area contributed by atoms with Crippen molar-refractivity contribution in [3.8, 4) is 22.6 Å². The topological polar surface area (TPSA) is 93.7 Å². The largest absolute Gasteiger partial charge is 0.493 e. The molecule has 0 saturated heterocycles. The molecule has 5 aromatic rings. The van der Waals surface area contributed by atoms with Gasteiger partial charge in [-0.05, 0) is 77.2 Å². The predicted octanol–water partition coefficient (Wildman–Crippen LogP) is 7.66. The van der Waals surface area contributed by atoms with Gasteiger partial charge in [0.25, 0.3) is 11.8 Å². The molecule has 1 aliphatic rings. The zero-order valence-corrected chi connectivity index (χ0v) is 26.7. The summed E-state index contributed by atoms with van der Waals surface area (Å²) in [7, 11) is 3.04. The number of ketones is 1. The van der Waals surface area contributed by atoms with Gasteiger partial charge in [0, 0.05) is 27.3 Å². The number of nitrogens with one attached hydrogen (secondary N) is 2. The minimum Gasteiger partial charge on any atom is -0.493 e.